The van der Waals surface area contributed by atoms with E-state index in [0.29, 0.717) is 36.5 Å². The second-order valence-electron chi connectivity index (χ2n) is 6.00. The smallest absolute Gasteiger partial charge is 0.306 e. The van der Waals surface area contributed by atoms with E-state index < -0.39 is 5.97 Å². The molecule has 1 heterocycles. The summed E-state index contributed by atoms with van der Waals surface area (Å²) in [6, 6.07) is 10.6. The fourth-order valence-corrected chi connectivity index (χ4v) is 3.24. The number of carboxylic acid groups (broad SMARTS) is 1. The highest BCUT2D eigenvalue weighted by molar-refractivity contribution is 6.33. The second-order valence-corrected chi connectivity index (χ2v) is 6.41. The van der Waals surface area contributed by atoms with Gasteiger partial charge in [-0.15, -0.1) is 0 Å². The standard InChI is InChI=1S/C18H18ClNO4/c19-14-4-2-1-3-13(14)15-9-10-16(24-15)17(21)20-12-7-5-11(6-8-12)18(22)23/h1-4,9-12H,5-8H2,(H,20,21)(H,22,23). The van der Waals surface area contributed by atoms with Crippen LogP contribution in [0, 0.1) is 5.92 Å². The van der Waals surface area contributed by atoms with Gasteiger partial charge in [-0.2, -0.15) is 0 Å². The van der Waals surface area contributed by atoms with Crippen LogP contribution in [-0.2, 0) is 4.79 Å². The Morgan fingerprint density at radius 2 is 1.79 bits per heavy atom. The fraction of sp³-hybridized carbons (Fsp3) is 0.333. The third-order valence-electron chi connectivity index (χ3n) is 4.38. The SMILES string of the molecule is O=C(NC1CCC(C(=O)O)CC1)c1ccc(-c2ccccc2Cl)o1. The molecule has 1 amide bonds. The first kappa shape index (κ1) is 16.6. The number of hydrogen-bond acceptors (Lipinski definition) is 3. The van der Waals surface area contributed by atoms with Crippen LogP contribution in [-0.4, -0.2) is 23.0 Å². The van der Waals surface area contributed by atoms with Gasteiger partial charge in [0.1, 0.15) is 5.76 Å². The van der Waals surface area contributed by atoms with Crippen molar-refractivity contribution < 1.29 is 19.1 Å². The maximum Gasteiger partial charge on any atom is 0.306 e. The van der Waals surface area contributed by atoms with Crippen LogP contribution in [0.2, 0.25) is 5.02 Å². The lowest BCUT2D eigenvalue weighted by Crippen LogP contribution is -2.38. The number of carbonyl (C=O) groups is 2. The quantitative estimate of drug-likeness (QED) is 0.876. The van der Waals surface area contributed by atoms with Gasteiger partial charge >= 0.3 is 5.97 Å². The van der Waals surface area contributed by atoms with E-state index in [1.54, 1.807) is 18.2 Å². The van der Waals surface area contributed by atoms with E-state index in [-0.39, 0.29) is 23.6 Å². The molecule has 0 aliphatic heterocycles. The molecule has 1 saturated carbocycles. The van der Waals surface area contributed by atoms with E-state index in [1.807, 2.05) is 18.2 Å². The molecule has 1 aromatic heterocycles. The van der Waals surface area contributed by atoms with E-state index in [4.69, 9.17) is 21.1 Å². The summed E-state index contributed by atoms with van der Waals surface area (Å²) in [5.74, 6) is -0.568. The highest BCUT2D eigenvalue weighted by Gasteiger charge is 2.27. The van der Waals surface area contributed by atoms with Gasteiger partial charge in [0.25, 0.3) is 5.91 Å². The zero-order chi connectivity index (χ0) is 17.1. The summed E-state index contributed by atoms with van der Waals surface area (Å²) < 4.78 is 5.62. The van der Waals surface area contributed by atoms with Gasteiger partial charge in [-0.1, -0.05) is 23.7 Å². The highest BCUT2D eigenvalue weighted by atomic mass is 35.5. The van der Waals surface area contributed by atoms with Crippen molar-refractivity contribution in [1.82, 2.24) is 5.32 Å². The number of rotatable bonds is 4. The molecule has 0 saturated heterocycles. The summed E-state index contributed by atoms with van der Waals surface area (Å²) in [6.45, 7) is 0. The molecule has 2 aromatic rings. The van der Waals surface area contributed by atoms with Crippen molar-refractivity contribution in [2.75, 3.05) is 0 Å². The summed E-state index contributed by atoms with van der Waals surface area (Å²) in [4.78, 5) is 23.3. The third-order valence-corrected chi connectivity index (χ3v) is 4.71. The minimum absolute atomic E-state index is 0.0121. The van der Waals surface area contributed by atoms with Gasteiger partial charge in [0.05, 0.1) is 10.9 Å². The Morgan fingerprint density at radius 1 is 1.08 bits per heavy atom. The zero-order valence-electron chi connectivity index (χ0n) is 13.0. The van der Waals surface area contributed by atoms with Crippen LogP contribution < -0.4 is 5.32 Å². The molecule has 1 fully saturated rings. The average Bonchev–Trinajstić information content (AvgIpc) is 3.05. The second kappa shape index (κ2) is 7.09. The van der Waals surface area contributed by atoms with Crippen LogP contribution in [0.3, 0.4) is 0 Å². The van der Waals surface area contributed by atoms with E-state index in [9.17, 15) is 9.59 Å². The highest BCUT2D eigenvalue weighted by Crippen LogP contribution is 2.29. The number of carbonyl (C=O) groups excluding carboxylic acids is 1. The minimum Gasteiger partial charge on any atom is -0.481 e. The summed E-state index contributed by atoms with van der Waals surface area (Å²) in [6.07, 6.45) is 2.51. The van der Waals surface area contributed by atoms with Gasteiger partial charge in [0.15, 0.2) is 5.76 Å². The Labute approximate surface area is 144 Å². The number of aliphatic carboxylic acids is 1. The topological polar surface area (TPSA) is 79.5 Å². The van der Waals surface area contributed by atoms with Gasteiger partial charge in [0.2, 0.25) is 0 Å². The lowest BCUT2D eigenvalue weighted by molar-refractivity contribution is -0.142. The lowest BCUT2D eigenvalue weighted by atomic mass is 9.86. The maximum absolute atomic E-state index is 12.3. The number of hydrogen-bond donors (Lipinski definition) is 2. The average molecular weight is 348 g/mol. The lowest BCUT2D eigenvalue weighted by Gasteiger charge is -2.26. The number of benzene rings is 1. The fourth-order valence-electron chi connectivity index (χ4n) is 3.01. The van der Waals surface area contributed by atoms with Crippen molar-refractivity contribution in [3.8, 4) is 11.3 Å². The molecule has 24 heavy (non-hydrogen) atoms. The van der Waals surface area contributed by atoms with Gasteiger partial charge in [0, 0.05) is 11.6 Å². The van der Waals surface area contributed by atoms with E-state index in [1.165, 1.54) is 0 Å². The van der Waals surface area contributed by atoms with E-state index >= 15 is 0 Å². The van der Waals surface area contributed by atoms with Crippen LogP contribution in [0.25, 0.3) is 11.3 Å². The molecule has 0 spiro atoms. The van der Waals surface area contributed by atoms with Crippen LogP contribution >= 0.6 is 11.6 Å². The van der Waals surface area contributed by atoms with Crippen molar-refractivity contribution in [2.24, 2.45) is 5.92 Å². The molecule has 1 aliphatic rings. The largest absolute Gasteiger partial charge is 0.481 e. The number of halogens is 1. The van der Waals surface area contributed by atoms with Crippen molar-refractivity contribution in [2.45, 2.75) is 31.7 Å². The summed E-state index contributed by atoms with van der Waals surface area (Å²) in [5.41, 5.74) is 0.736. The van der Waals surface area contributed by atoms with Crippen molar-refractivity contribution in [3.05, 3.63) is 47.2 Å². The van der Waals surface area contributed by atoms with Crippen LogP contribution in [0.1, 0.15) is 36.2 Å². The third kappa shape index (κ3) is 3.62. The van der Waals surface area contributed by atoms with E-state index in [2.05, 4.69) is 5.32 Å². The molecule has 0 bridgehead atoms. The minimum atomic E-state index is -0.754. The predicted octanol–water partition coefficient (Wildman–Crippen LogP) is 3.97. The molecule has 1 aromatic carbocycles. The molecule has 126 valence electrons. The Hall–Kier alpha value is -2.27. The number of nitrogens with one attached hydrogen (secondary N) is 1. The number of furan rings is 1. The Morgan fingerprint density at radius 3 is 2.46 bits per heavy atom. The van der Waals surface area contributed by atoms with Gasteiger partial charge in [-0.25, -0.2) is 0 Å². The maximum atomic E-state index is 12.3. The summed E-state index contributed by atoms with van der Waals surface area (Å²) in [7, 11) is 0. The Kier molecular flexibility index (Phi) is 4.90. The van der Waals surface area contributed by atoms with Crippen molar-refractivity contribution in [1.29, 1.82) is 0 Å². The molecule has 1 aliphatic carbocycles. The monoisotopic (exact) mass is 347 g/mol. The van der Waals surface area contributed by atoms with Crippen molar-refractivity contribution >= 4 is 23.5 Å². The first-order valence-electron chi connectivity index (χ1n) is 7.93. The molecular formula is C18H18ClNO4. The normalized spacial score (nSPS) is 20.5. The van der Waals surface area contributed by atoms with E-state index in [0.717, 1.165) is 5.56 Å². The summed E-state index contributed by atoms with van der Waals surface area (Å²) >= 11 is 6.13. The first-order valence-corrected chi connectivity index (χ1v) is 8.31. The molecule has 0 radical (unpaired) electrons. The van der Waals surface area contributed by atoms with Crippen molar-refractivity contribution in [3.63, 3.8) is 0 Å². The molecule has 3 rings (SSSR count). The molecule has 0 atom stereocenters. The predicted molar refractivity (Wildman–Crippen MR) is 90.0 cm³/mol. The number of carboxylic acids is 1. The Bertz CT molecular complexity index is 747. The van der Waals surface area contributed by atoms with Crippen LogP contribution in [0.5, 0.6) is 0 Å². The Balaban J connectivity index is 1.63. The van der Waals surface area contributed by atoms with Crippen LogP contribution in [0.15, 0.2) is 40.8 Å². The molecule has 6 heteroatoms. The summed E-state index contributed by atoms with van der Waals surface area (Å²) in [5, 5.41) is 12.5. The molecule has 2 N–H and O–H groups in total. The van der Waals surface area contributed by atoms with Gasteiger partial charge < -0.3 is 14.8 Å². The van der Waals surface area contributed by atoms with Gasteiger partial charge in [-0.3, -0.25) is 9.59 Å². The number of amides is 1. The first-order chi connectivity index (χ1) is 11.5. The molecular weight excluding hydrogens is 330 g/mol. The van der Waals surface area contributed by atoms with Gasteiger partial charge in [-0.05, 0) is 49.9 Å². The van der Waals surface area contributed by atoms with Crippen LogP contribution in [0.4, 0.5) is 0 Å². The molecule has 0 unspecified atom stereocenters. The molecule has 5 nitrogen and oxygen atoms in total. The zero-order valence-corrected chi connectivity index (χ0v) is 13.8.